The Balaban J connectivity index is 1.89. The van der Waals surface area contributed by atoms with Crippen molar-refractivity contribution in [1.82, 2.24) is 0 Å². The highest BCUT2D eigenvalue weighted by Crippen LogP contribution is 2.26. The van der Waals surface area contributed by atoms with E-state index in [1.165, 1.54) is 32.1 Å². The summed E-state index contributed by atoms with van der Waals surface area (Å²) in [5.74, 6) is 0. The van der Waals surface area contributed by atoms with Crippen LogP contribution >= 0.6 is 0 Å². The van der Waals surface area contributed by atoms with E-state index in [2.05, 4.69) is 0 Å². The van der Waals surface area contributed by atoms with Gasteiger partial charge in [-0.25, -0.2) is 0 Å². The van der Waals surface area contributed by atoms with Crippen LogP contribution in [0.25, 0.3) is 0 Å². The van der Waals surface area contributed by atoms with Crippen LogP contribution in [0.4, 0.5) is 0 Å². The molecule has 82 valence electrons. The van der Waals surface area contributed by atoms with Gasteiger partial charge in [-0.2, -0.15) is 0 Å². The highest BCUT2D eigenvalue weighted by atomic mass is 16.6. The molecule has 14 heavy (non-hydrogen) atoms. The first-order chi connectivity index (χ1) is 6.90. The average molecular weight is 199 g/mol. The second kappa shape index (κ2) is 5.10. The predicted molar refractivity (Wildman–Crippen MR) is 55.2 cm³/mol. The van der Waals surface area contributed by atoms with Gasteiger partial charge in [-0.05, 0) is 12.8 Å². The fourth-order valence-corrected chi connectivity index (χ4v) is 2.40. The van der Waals surface area contributed by atoms with Gasteiger partial charge in [0.2, 0.25) is 0 Å². The lowest BCUT2D eigenvalue weighted by Gasteiger charge is -2.37. The SMILES string of the molecule is NCC1COC2CCCCCCC2O1. The molecule has 1 aliphatic carbocycles. The summed E-state index contributed by atoms with van der Waals surface area (Å²) in [7, 11) is 0. The van der Waals surface area contributed by atoms with Crippen molar-refractivity contribution in [3.8, 4) is 0 Å². The lowest BCUT2D eigenvalue weighted by atomic mass is 9.95. The molecular weight excluding hydrogens is 178 g/mol. The Hall–Kier alpha value is -0.120. The summed E-state index contributed by atoms with van der Waals surface area (Å²) >= 11 is 0. The number of rotatable bonds is 1. The summed E-state index contributed by atoms with van der Waals surface area (Å²) in [6, 6.07) is 0. The molecule has 0 aromatic carbocycles. The molecule has 3 nitrogen and oxygen atoms in total. The molecule has 0 radical (unpaired) electrons. The van der Waals surface area contributed by atoms with E-state index in [0.717, 1.165) is 6.42 Å². The predicted octanol–water partition coefficient (Wildman–Crippen LogP) is 1.45. The topological polar surface area (TPSA) is 44.5 Å². The molecule has 1 aliphatic heterocycles. The lowest BCUT2D eigenvalue weighted by Crippen LogP contribution is -2.46. The van der Waals surface area contributed by atoms with E-state index in [0.29, 0.717) is 25.4 Å². The Morgan fingerprint density at radius 1 is 1.00 bits per heavy atom. The van der Waals surface area contributed by atoms with Gasteiger partial charge in [-0.15, -0.1) is 0 Å². The van der Waals surface area contributed by atoms with Gasteiger partial charge in [0.1, 0.15) is 0 Å². The third kappa shape index (κ3) is 2.47. The van der Waals surface area contributed by atoms with E-state index >= 15 is 0 Å². The zero-order chi connectivity index (χ0) is 9.80. The molecule has 0 aromatic rings. The van der Waals surface area contributed by atoms with E-state index < -0.39 is 0 Å². The van der Waals surface area contributed by atoms with Gasteiger partial charge < -0.3 is 15.2 Å². The summed E-state index contributed by atoms with van der Waals surface area (Å²) in [5, 5.41) is 0. The van der Waals surface area contributed by atoms with Crippen molar-refractivity contribution in [3.63, 3.8) is 0 Å². The molecule has 2 fully saturated rings. The fraction of sp³-hybridized carbons (Fsp3) is 1.00. The lowest BCUT2D eigenvalue weighted by molar-refractivity contribution is -0.182. The normalized spacial score (nSPS) is 39.6. The molecule has 0 amide bonds. The number of fused-ring (bicyclic) bond motifs is 1. The number of hydrogen-bond acceptors (Lipinski definition) is 3. The molecule has 3 heteroatoms. The van der Waals surface area contributed by atoms with Gasteiger partial charge in [0, 0.05) is 6.54 Å². The van der Waals surface area contributed by atoms with Gasteiger partial charge >= 0.3 is 0 Å². The number of hydrogen-bond donors (Lipinski definition) is 1. The molecule has 0 bridgehead atoms. The fourth-order valence-electron chi connectivity index (χ4n) is 2.40. The molecule has 2 rings (SSSR count). The van der Waals surface area contributed by atoms with Gasteiger partial charge in [0.05, 0.1) is 24.9 Å². The maximum atomic E-state index is 5.93. The molecule has 0 aromatic heterocycles. The highest BCUT2D eigenvalue weighted by Gasteiger charge is 2.31. The van der Waals surface area contributed by atoms with Gasteiger partial charge in [0.25, 0.3) is 0 Å². The first-order valence-electron chi connectivity index (χ1n) is 5.87. The van der Waals surface area contributed by atoms with E-state index in [-0.39, 0.29) is 6.10 Å². The van der Waals surface area contributed by atoms with Crippen LogP contribution in [0.1, 0.15) is 38.5 Å². The van der Waals surface area contributed by atoms with Crippen molar-refractivity contribution >= 4 is 0 Å². The van der Waals surface area contributed by atoms with Crippen LogP contribution in [-0.2, 0) is 9.47 Å². The van der Waals surface area contributed by atoms with Crippen LogP contribution in [-0.4, -0.2) is 31.5 Å². The summed E-state index contributed by atoms with van der Waals surface area (Å²) in [6.45, 7) is 1.28. The van der Waals surface area contributed by atoms with Crippen LogP contribution in [0, 0.1) is 0 Å². The monoisotopic (exact) mass is 199 g/mol. The minimum absolute atomic E-state index is 0.135. The van der Waals surface area contributed by atoms with Crippen LogP contribution < -0.4 is 5.73 Å². The largest absolute Gasteiger partial charge is 0.373 e. The van der Waals surface area contributed by atoms with E-state index in [9.17, 15) is 0 Å². The van der Waals surface area contributed by atoms with Gasteiger partial charge in [0.15, 0.2) is 0 Å². The van der Waals surface area contributed by atoms with Crippen LogP contribution in [0.3, 0.4) is 0 Å². The van der Waals surface area contributed by atoms with E-state index in [1.54, 1.807) is 0 Å². The minimum Gasteiger partial charge on any atom is -0.373 e. The Morgan fingerprint density at radius 2 is 1.71 bits per heavy atom. The number of nitrogens with two attached hydrogens (primary N) is 1. The van der Waals surface area contributed by atoms with Crippen LogP contribution in [0.2, 0.25) is 0 Å². The van der Waals surface area contributed by atoms with E-state index in [4.69, 9.17) is 15.2 Å². The van der Waals surface area contributed by atoms with Gasteiger partial charge in [-0.3, -0.25) is 0 Å². The molecule has 2 aliphatic rings. The third-order valence-electron chi connectivity index (χ3n) is 3.27. The quantitative estimate of drug-likeness (QED) is 0.695. The molecular formula is C11H21NO2. The summed E-state index contributed by atoms with van der Waals surface area (Å²) < 4.78 is 11.7. The molecule has 3 unspecified atom stereocenters. The summed E-state index contributed by atoms with van der Waals surface area (Å²) in [6.07, 6.45) is 8.39. The van der Waals surface area contributed by atoms with E-state index in [1.807, 2.05) is 0 Å². The third-order valence-corrected chi connectivity index (χ3v) is 3.27. The van der Waals surface area contributed by atoms with Crippen molar-refractivity contribution in [2.75, 3.05) is 13.2 Å². The van der Waals surface area contributed by atoms with Crippen molar-refractivity contribution < 1.29 is 9.47 Å². The van der Waals surface area contributed by atoms with Crippen molar-refractivity contribution in [2.45, 2.75) is 56.8 Å². The Morgan fingerprint density at radius 3 is 2.43 bits per heavy atom. The maximum absolute atomic E-state index is 5.93. The zero-order valence-electron chi connectivity index (χ0n) is 8.78. The van der Waals surface area contributed by atoms with Crippen LogP contribution in [0.15, 0.2) is 0 Å². The average Bonchev–Trinajstić information content (AvgIpc) is 2.18. The molecule has 0 spiro atoms. The molecule has 1 heterocycles. The number of ether oxygens (including phenoxy) is 2. The first kappa shape index (κ1) is 10.4. The Bertz CT molecular complexity index is 175. The Labute approximate surface area is 85.9 Å². The molecule has 1 saturated carbocycles. The van der Waals surface area contributed by atoms with Gasteiger partial charge in [-0.1, -0.05) is 25.7 Å². The summed E-state index contributed by atoms with van der Waals surface area (Å²) in [4.78, 5) is 0. The first-order valence-corrected chi connectivity index (χ1v) is 5.87. The molecule has 2 N–H and O–H groups in total. The second-order valence-corrected chi connectivity index (χ2v) is 4.40. The maximum Gasteiger partial charge on any atom is 0.0935 e. The van der Waals surface area contributed by atoms with Crippen LogP contribution in [0.5, 0.6) is 0 Å². The Kier molecular flexibility index (Phi) is 3.79. The van der Waals surface area contributed by atoms with Crippen molar-refractivity contribution in [3.05, 3.63) is 0 Å². The minimum atomic E-state index is 0.135. The van der Waals surface area contributed by atoms with Crippen molar-refractivity contribution in [1.29, 1.82) is 0 Å². The zero-order valence-corrected chi connectivity index (χ0v) is 8.78. The molecule has 3 atom stereocenters. The smallest absolute Gasteiger partial charge is 0.0935 e. The van der Waals surface area contributed by atoms with Crippen molar-refractivity contribution in [2.24, 2.45) is 5.73 Å². The molecule has 1 saturated heterocycles. The highest BCUT2D eigenvalue weighted by molar-refractivity contribution is 4.80. The summed E-state index contributed by atoms with van der Waals surface area (Å²) in [5.41, 5.74) is 5.59. The standard InChI is InChI=1S/C11H21NO2/c12-7-9-8-13-10-5-3-1-2-4-6-11(10)14-9/h9-11H,1-8,12H2. The second-order valence-electron chi connectivity index (χ2n) is 4.40.